The highest BCUT2D eigenvalue weighted by Gasteiger charge is 2.15. The maximum absolute atomic E-state index is 11.8. The Morgan fingerprint density at radius 1 is 1.65 bits per heavy atom. The number of thiophene rings is 1. The molecule has 0 spiro atoms. The van der Waals surface area contributed by atoms with Crippen LogP contribution in [0.1, 0.15) is 28.1 Å². The van der Waals surface area contributed by atoms with Crippen molar-refractivity contribution in [1.82, 2.24) is 10.6 Å². The third-order valence-corrected chi connectivity index (χ3v) is 4.08. The third-order valence-electron chi connectivity index (χ3n) is 3.07. The summed E-state index contributed by atoms with van der Waals surface area (Å²) in [6, 6.07) is 1.99. The molecule has 0 bridgehead atoms. The van der Waals surface area contributed by atoms with E-state index in [2.05, 4.69) is 10.6 Å². The number of hydrogen-bond acceptors (Lipinski definition) is 3. The maximum Gasteiger partial charge on any atom is 0.261 e. The first-order chi connectivity index (χ1) is 7.77. The van der Waals surface area contributed by atoms with E-state index in [9.17, 15) is 4.79 Å². The number of halogens is 1. The van der Waals surface area contributed by atoms with Gasteiger partial charge in [-0.15, -0.1) is 23.7 Å². The minimum absolute atomic E-state index is 0. The van der Waals surface area contributed by atoms with Gasteiger partial charge in [0.2, 0.25) is 0 Å². The summed E-state index contributed by atoms with van der Waals surface area (Å²) in [5, 5.41) is 8.30. The smallest absolute Gasteiger partial charge is 0.261 e. The molecule has 5 heteroatoms. The van der Waals surface area contributed by atoms with Crippen molar-refractivity contribution >= 4 is 29.7 Å². The highest BCUT2D eigenvalue weighted by Crippen LogP contribution is 2.15. The zero-order chi connectivity index (χ0) is 11.4. The van der Waals surface area contributed by atoms with Gasteiger partial charge in [-0.05, 0) is 55.8 Å². The van der Waals surface area contributed by atoms with E-state index in [1.165, 1.54) is 17.8 Å². The van der Waals surface area contributed by atoms with Crippen LogP contribution >= 0.6 is 23.7 Å². The van der Waals surface area contributed by atoms with E-state index in [0.29, 0.717) is 0 Å². The minimum Gasteiger partial charge on any atom is -0.351 e. The first-order valence-electron chi connectivity index (χ1n) is 5.80. The molecule has 1 atom stereocenters. The van der Waals surface area contributed by atoms with Crippen molar-refractivity contribution in [2.45, 2.75) is 19.8 Å². The van der Waals surface area contributed by atoms with Crippen LogP contribution in [0.2, 0.25) is 0 Å². The summed E-state index contributed by atoms with van der Waals surface area (Å²) in [7, 11) is 0. The molecule has 1 unspecified atom stereocenters. The Morgan fingerprint density at radius 2 is 2.47 bits per heavy atom. The van der Waals surface area contributed by atoms with Crippen LogP contribution in [0, 0.1) is 12.8 Å². The van der Waals surface area contributed by atoms with Gasteiger partial charge in [-0.2, -0.15) is 0 Å². The fraction of sp³-hybridized carbons (Fsp3) is 0.583. The van der Waals surface area contributed by atoms with Gasteiger partial charge in [-0.3, -0.25) is 4.79 Å². The highest BCUT2D eigenvalue weighted by molar-refractivity contribution is 7.12. The summed E-state index contributed by atoms with van der Waals surface area (Å²) < 4.78 is 0. The van der Waals surface area contributed by atoms with Crippen LogP contribution in [0.15, 0.2) is 11.4 Å². The molecule has 1 aromatic rings. The zero-order valence-corrected chi connectivity index (χ0v) is 11.6. The summed E-state index contributed by atoms with van der Waals surface area (Å²) >= 11 is 1.52. The molecule has 3 nitrogen and oxygen atoms in total. The average molecular weight is 275 g/mol. The van der Waals surface area contributed by atoms with Gasteiger partial charge in [-0.1, -0.05) is 0 Å². The van der Waals surface area contributed by atoms with Gasteiger partial charge in [0, 0.05) is 6.54 Å². The summed E-state index contributed by atoms with van der Waals surface area (Å²) in [5.74, 6) is 0.822. The number of aryl methyl sites for hydroxylation is 1. The molecule has 17 heavy (non-hydrogen) atoms. The van der Waals surface area contributed by atoms with E-state index in [1.807, 2.05) is 18.4 Å². The van der Waals surface area contributed by atoms with Crippen LogP contribution < -0.4 is 10.6 Å². The van der Waals surface area contributed by atoms with E-state index in [4.69, 9.17) is 0 Å². The molecule has 1 saturated heterocycles. The highest BCUT2D eigenvalue weighted by atomic mass is 35.5. The Kier molecular flexibility index (Phi) is 5.95. The van der Waals surface area contributed by atoms with Gasteiger partial charge >= 0.3 is 0 Å². The molecule has 1 fully saturated rings. The lowest BCUT2D eigenvalue weighted by molar-refractivity contribution is 0.0955. The molecule has 0 aromatic carbocycles. The second kappa shape index (κ2) is 6.99. The van der Waals surface area contributed by atoms with Gasteiger partial charge in [0.25, 0.3) is 5.91 Å². The number of carbonyl (C=O) groups is 1. The summed E-state index contributed by atoms with van der Waals surface area (Å²) in [4.78, 5) is 12.6. The second-order valence-corrected chi connectivity index (χ2v) is 5.25. The van der Waals surface area contributed by atoms with E-state index in [0.717, 1.165) is 42.4 Å². The van der Waals surface area contributed by atoms with Crippen molar-refractivity contribution in [3.8, 4) is 0 Å². The Bertz CT molecular complexity index is 361. The number of nitrogens with one attached hydrogen (secondary N) is 2. The van der Waals surface area contributed by atoms with Crippen LogP contribution in [0.25, 0.3) is 0 Å². The molecule has 1 amide bonds. The van der Waals surface area contributed by atoms with E-state index < -0.39 is 0 Å². The number of amides is 1. The van der Waals surface area contributed by atoms with Crippen molar-refractivity contribution in [2.24, 2.45) is 5.92 Å². The largest absolute Gasteiger partial charge is 0.351 e. The Labute approximate surface area is 112 Å². The van der Waals surface area contributed by atoms with Gasteiger partial charge in [0.1, 0.15) is 0 Å². The summed E-state index contributed by atoms with van der Waals surface area (Å²) in [6.07, 6.45) is 2.33. The first kappa shape index (κ1) is 14.5. The molecule has 2 rings (SSSR count). The molecular weight excluding hydrogens is 256 g/mol. The normalized spacial score (nSPS) is 18.8. The van der Waals surface area contributed by atoms with Crippen LogP contribution in [-0.2, 0) is 0 Å². The molecule has 0 aliphatic carbocycles. The van der Waals surface area contributed by atoms with Gasteiger partial charge in [0.15, 0.2) is 0 Å². The maximum atomic E-state index is 11.8. The molecule has 2 heterocycles. The van der Waals surface area contributed by atoms with Gasteiger partial charge in [-0.25, -0.2) is 0 Å². The molecule has 1 aliphatic heterocycles. The van der Waals surface area contributed by atoms with Crippen molar-refractivity contribution in [1.29, 1.82) is 0 Å². The van der Waals surface area contributed by atoms with Crippen molar-refractivity contribution in [2.75, 3.05) is 19.6 Å². The topological polar surface area (TPSA) is 41.1 Å². The van der Waals surface area contributed by atoms with Gasteiger partial charge < -0.3 is 10.6 Å². The fourth-order valence-electron chi connectivity index (χ4n) is 2.04. The first-order valence-corrected chi connectivity index (χ1v) is 6.68. The fourth-order valence-corrected chi connectivity index (χ4v) is 2.88. The number of carbonyl (C=O) groups excluding carboxylic acids is 1. The molecule has 0 saturated carbocycles. The standard InChI is InChI=1S/C12H18N2OS.ClH/c1-9-4-7-16-11(9)12(15)14-6-3-10-2-5-13-8-10;/h4,7,10,13H,2-3,5-6,8H2,1H3,(H,14,15);1H. The molecule has 96 valence electrons. The lowest BCUT2D eigenvalue weighted by atomic mass is 10.1. The average Bonchev–Trinajstić information content (AvgIpc) is 2.88. The van der Waals surface area contributed by atoms with E-state index in [1.54, 1.807) is 0 Å². The third kappa shape index (κ3) is 3.98. The van der Waals surface area contributed by atoms with E-state index in [-0.39, 0.29) is 18.3 Å². The second-order valence-electron chi connectivity index (χ2n) is 4.34. The molecule has 0 radical (unpaired) electrons. The minimum atomic E-state index is 0. The Hall–Kier alpha value is -0.580. The van der Waals surface area contributed by atoms with Crippen LogP contribution in [0.3, 0.4) is 0 Å². The van der Waals surface area contributed by atoms with Crippen molar-refractivity contribution < 1.29 is 4.79 Å². The van der Waals surface area contributed by atoms with Crippen molar-refractivity contribution in [3.05, 3.63) is 21.9 Å². The predicted molar refractivity (Wildman–Crippen MR) is 74.2 cm³/mol. The zero-order valence-electron chi connectivity index (χ0n) is 9.99. The monoisotopic (exact) mass is 274 g/mol. The van der Waals surface area contributed by atoms with Gasteiger partial charge in [0.05, 0.1) is 4.88 Å². The molecule has 1 aromatic heterocycles. The summed E-state index contributed by atoms with van der Waals surface area (Å²) in [5.41, 5.74) is 1.07. The Morgan fingerprint density at radius 3 is 3.06 bits per heavy atom. The lowest BCUT2D eigenvalue weighted by Gasteiger charge is -2.08. The summed E-state index contributed by atoms with van der Waals surface area (Å²) in [6.45, 7) is 5.01. The lowest BCUT2D eigenvalue weighted by Crippen LogP contribution is -2.26. The van der Waals surface area contributed by atoms with Crippen LogP contribution in [-0.4, -0.2) is 25.5 Å². The molecular formula is C12H19ClN2OS. The molecule has 2 N–H and O–H groups in total. The van der Waals surface area contributed by atoms with Crippen LogP contribution in [0.4, 0.5) is 0 Å². The van der Waals surface area contributed by atoms with E-state index >= 15 is 0 Å². The Balaban J connectivity index is 0.00000144. The predicted octanol–water partition coefficient (Wildman–Crippen LogP) is 2.21. The number of rotatable bonds is 4. The van der Waals surface area contributed by atoms with Crippen LogP contribution in [0.5, 0.6) is 0 Å². The quantitative estimate of drug-likeness (QED) is 0.884. The van der Waals surface area contributed by atoms with Crippen molar-refractivity contribution in [3.63, 3.8) is 0 Å². The SMILES string of the molecule is Cc1ccsc1C(=O)NCCC1CCNC1.Cl. The number of hydrogen-bond donors (Lipinski definition) is 2. The molecule has 1 aliphatic rings.